The summed E-state index contributed by atoms with van der Waals surface area (Å²) in [5, 5.41) is 0. The van der Waals surface area contributed by atoms with Crippen molar-refractivity contribution in [3.8, 4) is 0 Å². The minimum Gasteiger partial charge on any atom is -0.598 e. The normalized spacial score (nSPS) is 15.4. The fourth-order valence-electron chi connectivity index (χ4n) is 1.96. The number of nitrogens with one attached hydrogen (secondary N) is 1. The third kappa shape index (κ3) is 6.89. The molecule has 1 aromatic rings. The SMILES string of the molecule is COC(=O)CC(N[S+]([O-])C(C)(C)C)c1cc(C(F)(F)F)cc(C(F)(F)F)c1. The number of halogens is 6. The third-order valence-electron chi connectivity index (χ3n) is 3.42. The van der Waals surface area contributed by atoms with E-state index in [1.165, 1.54) is 0 Å². The second kappa shape index (κ2) is 8.27. The summed E-state index contributed by atoms with van der Waals surface area (Å²) in [6.07, 6.45) is -10.7. The number of hydrogen-bond acceptors (Lipinski definition) is 4. The molecule has 0 fully saturated rings. The summed E-state index contributed by atoms with van der Waals surface area (Å²) in [4.78, 5) is 11.6. The van der Waals surface area contributed by atoms with Gasteiger partial charge in [0.25, 0.3) is 0 Å². The van der Waals surface area contributed by atoms with Gasteiger partial charge < -0.3 is 9.29 Å². The van der Waals surface area contributed by atoms with Crippen LogP contribution >= 0.6 is 0 Å². The molecule has 11 heteroatoms. The highest BCUT2D eigenvalue weighted by Gasteiger charge is 2.39. The van der Waals surface area contributed by atoms with Crippen LogP contribution in [0.2, 0.25) is 0 Å². The highest BCUT2D eigenvalue weighted by molar-refractivity contribution is 7.90. The molecular formula is C16H19F6NO3S. The van der Waals surface area contributed by atoms with E-state index in [4.69, 9.17) is 0 Å². The van der Waals surface area contributed by atoms with Crippen LogP contribution in [-0.4, -0.2) is 22.4 Å². The molecule has 0 aliphatic heterocycles. The average Bonchev–Trinajstić information content (AvgIpc) is 2.50. The molecular weight excluding hydrogens is 400 g/mol. The molecule has 4 nitrogen and oxygen atoms in total. The Hall–Kier alpha value is -1.46. The Morgan fingerprint density at radius 1 is 1.07 bits per heavy atom. The predicted molar refractivity (Wildman–Crippen MR) is 86.9 cm³/mol. The van der Waals surface area contributed by atoms with Gasteiger partial charge in [-0.3, -0.25) is 4.79 Å². The Kier molecular flexibility index (Phi) is 7.23. The third-order valence-corrected chi connectivity index (χ3v) is 5.03. The Morgan fingerprint density at radius 3 is 1.85 bits per heavy atom. The van der Waals surface area contributed by atoms with Crippen LogP contribution in [0.15, 0.2) is 18.2 Å². The minimum atomic E-state index is -5.03. The molecule has 0 heterocycles. The van der Waals surface area contributed by atoms with E-state index >= 15 is 0 Å². The largest absolute Gasteiger partial charge is 0.598 e. The lowest BCUT2D eigenvalue weighted by Crippen LogP contribution is -2.42. The molecule has 0 amide bonds. The zero-order valence-electron chi connectivity index (χ0n) is 14.9. The molecule has 2 unspecified atom stereocenters. The van der Waals surface area contributed by atoms with Gasteiger partial charge in [0, 0.05) is 11.4 Å². The van der Waals surface area contributed by atoms with Gasteiger partial charge in [0.05, 0.1) is 30.7 Å². The zero-order valence-corrected chi connectivity index (χ0v) is 15.7. The summed E-state index contributed by atoms with van der Waals surface area (Å²) in [5.41, 5.74) is -3.52. The maximum atomic E-state index is 13.0. The monoisotopic (exact) mass is 419 g/mol. The first-order valence-corrected chi connectivity index (χ1v) is 8.75. The first-order valence-electron chi connectivity index (χ1n) is 7.60. The highest BCUT2D eigenvalue weighted by Crippen LogP contribution is 2.38. The van der Waals surface area contributed by atoms with E-state index in [-0.39, 0.29) is 6.07 Å². The van der Waals surface area contributed by atoms with E-state index in [0.717, 1.165) is 7.11 Å². The van der Waals surface area contributed by atoms with Crippen molar-refractivity contribution < 1.29 is 40.4 Å². The van der Waals surface area contributed by atoms with Crippen LogP contribution in [0.5, 0.6) is 0 Å². The van der Waals surface area contributed by atoms with Gasteiger partial charge in [-0.25, -0.2) is 0 Å². The summed E-state index contributed by atoms with van der Waals surface area (Å²) in [5.74, 6) is -0.885. The smallest absolute Gasteiger partial charge is 0.416 e. The molecule has 154 valence electrons. The fourth-order valence-corrected chi connectivity index (χ4v) is 2.80. The lowest BCUT2D eigenvalue weighted by atomic mass is 9.98. The molecule has 27 heavy (non-hydrogen) atoms. The molecule has 0 saturated carbocycles. The van der Waals surface area contributed by atoms with Crippen LogP contribution in [0.1, 0.15) is 49.9 Å². The van der Waals surface area contributed by atoms with Gasteiger partial charge in [-0.15, -0.1) is 4.72 Å². The van der Waals surface area contributed by atoms with Gasteiger partial charge in [-0.1, -0.05) is 0 Å². The molecule has 0 aliphatic carbocycles. The van der Waals surface area contributed by atoms with Crippen LogP contribution in [0.3, 0.4) is 0 Å². The second-order valence-corrected chi connectivity index (χ2v) is 8.67. The van der Waals surface area contributed by atoms with Crippen LogP contribution in [-0.2, 0) is 33.2 Å². The van der Waals surface area contributed by atoms with E-state index in [0.29, 0.717) is 12.1 Å². The minimum absolute atomic E-state index is 0.0145. The van der Waals surface area contributed by atoms with Gasteiger partial charge >= 0.3 is 18.3 Å². The molecule has 2 atom stereocenters. The van der Waals surface area contributed by atoms with Gasteiger partial charge in [0.1, 0.15) is 4.75 Å². The number of alkyl halides is 6. The summed E-state index contributed by atoms with van der Waals surface area (Å²) < 4.78 is 96.5. The Labute approximate surface area is 155 Å². The summed E-state index contributed by atoms with van der Waals surface area (Å²) in [6, 6.07) is -0.397. The number of carbonyl (C=O) groups excluding carboxylic acids is 1. The highest BCUT2D eigenvalue weighted by atomic mass is 32.2. The van der Waals surface area contributed by atoms with Gasteiger partial charge in [0.15, 0.2) is 0 Å². The maximum Gasteiger partial charge on any atom is 0.416 e. The first kappa shape index (κ1) is 23.6. The predicted octanol–water partition coefficient (Wildman–Crippen LogP) is 4.38. The van der Waals surface area contributed by atoms with Crippen LogP contribution < -0.4 is 4.72 Å². The van der Waals surface area contributed by atoms with E-state index in [1.807, 2.05) is 0 Å². The van der Waals surface area contributed by atoms with E-state index in [2.05, 4.69) is 9.46 Å². The maximum absolute atomic E-state index is 13.0. The van der Waals surface area contributed by atoms with Gasteiger partial charge in [0.2, 0.25) is 0 Å². The number of benzene rings is 1. The lowest BCUT2D eigenvalue weighted by molar-refractivity contribution is -0.143. The van der Waals surface area contributed by atoms with Crippen molar-refractivity contribution in [2.24, 2.45) is 0 Å². The van der Waals surface area contributed by atoms with E-state index in [1.54, 1.807) is 20.8 Å². The molecule has 0 aromatic heterocycles. The second-order valence-electron chi connectivity index (χ2n) is 6.67. The van der Waals surface area contributed by atoms with Crippen molar-refractivity contribution in [2.75, 3.05) is 7.11 Å². The Balaban J connectivity index is 3.47. The molecule has 1 rings (SSSR count). The van der Waals surface area contributed by atoms with Crippen molar-refractivity contribution in [3.05, 3.63) is 34.9 Å². The van der Waals surface area contributed by atoms with E-state index < -0.39 is 63.6 Å². The molecule has 0 spiro atoms. The lowest BCUT2D eigenvalue weighted by Gasteiger charge is -2.28. The van der Waals surface area contributed by atoms with Crippen molar-refractivity contribution in [1.29, 1.82) is 0 Å². The molecule has 0 radical (unpaired) electrons. The van der Waals surface area contributed by atoms with Crippen LogP contribution in [0, 0.1) is 0 Å². The van der Waals surface area contributed by atoms with Crippen molar-refractivity contribution in [1.82, 2.24) is 4.72 Å². The van der Waals surface area contributed by atoms with Crippen molar-refractivity contribution in [2.45, 2.75) is 50.3 Å². The molecule has 1 N–H and O–H groups in total. The summed E-state index contributed by atoms with van der Waals surface area (Å²) >= 11 is -1.86. The van der Waals surface area contributed by atoms with Crippen molar-refractivity contribution in [3.63, 3.8) is 0 Å². The molecule has 0 aliphatic rings. The fraction of sp³-hybridized carbons (Fsp3) is 0.562. The van der Waals surface area contributed by atoms with Gasteiger partial charge in [-0.05, 0) is 44.5 Å². The number of methoxy groups -OCH3 is 1. The first-order chi connectivity index (χ1) is 12.1. The Bertz CT molecular complexity index is 637. The quantitative estimate of drug-likeness (QED) is 0.437. The number of hydrogen-bond donors (Lipinski definition) is 1. The molecule has 1 aromatic carbocycles. The number of rotatable bonds is 5. The topological polar surface area (TPSA) is 61.4 Å². The summed E-state index contributed by atoms with van der Waals surface area (Å²) in [6.45, 7) is 4.66. The Morgan fingerprint density at radius 2 is 1.52 bits per heavy atom. The zero-order chi connectivity index (χ0) is 21.2. The summed E-state index contributed by atoms with van der Waals surface area (Å²) in [7, 11) is 1.02. The van der Waals surface area contributed by atoms with Crippen molar-refractivity contribution >= 4 is 17.3 Å². The van der Waals surface area contributed by atoms with Crippen LogP contribution in [0.25, 0.3) is 0 Å². The number of esters is 1. The van der Waals surface area contributed by atoms with E-state index in [9.17, 15) is 35.7 Å². The number of carbonyl (C=O) groups is 1. The standard InChI is InChI=1S/C16H19F6NO3S/c1-14(2,3)27(25)23-12(8-13(24)26-4)9-5-10(15(17,18)19)7-11(6-9)16(20,21)22/h5-7,12,23H,8H2,1-4H3. The van der Waals surface area contributed by atoms with Crippen LogP contribution in [0.4, 0.5) is 26.3 Å². The van der Waals surface area contributed by atoms with Gasteiger partial charge in [-0.2, -0.15) is 26.3 Å². The average molecular weight is 419 g/mol. The number of ether oxygens (including phenoxy) is 1. The molecule has 0 bridgehead atoms. The molecule has 0 saturated heterocycles.